The second-order valence-corrected chi connectivity index (χ2v) is 7.62. The lowest BCUT2D eigenvalue weighted by Crippen LogP contribution is -2.50. The van der Waals surface area contributed by atoms with Gasteiger partial charge in [-0.25, -0.2) is 0 Å². The highest BCUT2D eigenvalue weighted by atomic mass is 16.5. The molecule has 0 spiro atoms. The van der Waals surface area contributed by atoms with Crippen LogP contribution in [0.5, 0.6) is 0 Å². The van der Waals surface area contributed by atoms with E-state index in [1.54, 1.807) is 0 Å². The third-order valence-electron chi connectivity index (χ3n) is 5.70. The maximum absolute atomic E-state index is 12.3. The highest BCUT2D eigenvalue weighted by Gasteiger charge is 2.38. The summed E-state index contributed by atoms with van der Waals surface area (Å²) in [6.07, 6.45) is 6.88. The van der Waals surface area contributed by atoms with Gasteiger partial charge in [-0.1, -0.05) is 11.6 Å². The Balaban J connectivity index is 1.38. The van der Waals surface area contributed by atoms with Gasteiger partial charge in [-0.2, -0.15) is 5.21 Å². The number of aromatic nitrogens is 4. The molecule has 1 aliphatic heterocycles. The van der Waals surface area contributed by atoms with E-state index in [-0.39, 0.29) is 31.2 Å². The number of rotatable bonds is 8. The average molecular weight is 379 g/mol. The van der Waals surface area contributed by atoms with Gasteiger partial charge in [0.2, 0.25) is 0 Å². The zero-order valence-corrected chi connectivity index (χ0v) is 15.9. The van der Waals surface area contributed by atoms with Crippen molar-refractivity contribution in [2.24, 2.45) is 17.8 Å². The van der Waals surface area contributed by atoms with Crippen molar-refractivity contribution < 1.29 is 19.1 Å². The Morgan fingerprint density at radius 2 is 2.00 bits per heavy atom. The van der Waals surface area contributed by atoms with Crippen molar-refractivity contribution in [2.45, 2.75) is 57.9 Å². The minimum atomic E-state index is -0.312. The number of hydrogen-bond acceptors (Lipinski definition) is 8. The lowest BCUT2D eigenvalue weighted by atomic mass is 9.69. The Morgan fingerprint density at radius 1 is 1.15 bits per heavy atom. The first-order valence-corrected chi connectivity index (χ1v) is 9.87. The number of piperidine rings is 1. The van der Waals surface area contributed by atoms with Gasteiger partial charge in [0.15, 0.2) is 5.82 Å². The summed E-state index contributed by atoms with van der Waals surface area (Å²) in [5.74, 6) is 2.15. The lowest BCUT2D eigenvalue weighted by Gasteiger charge is -2.42. The van der Waals surface area contributed by atoms with Crippen LogP contribution in [0, 0.1) is 17.8 Å². The van der Waals surface area contributed by atoms with Crippen LogP contribution in [-0.4, -0.2) is 58.4 Å². The number of fused-ring (bicyclic) bond motifs is 1. The Bertz CT molecular complexity index is 609. The number of aryl methyl sites for hydroxylation is 1. The van der Waals surface area contributed by atoms with Crippen LogP contribution in [0.4, 0.5) is 0 Å². The molecule has 2 N–H and O–H groups in total. The predicted octanol–water partition coefficient (Wildman–Crippen LogP) is 1.02. The van der Waals surface area contributed by atoms with Crippen molar-refractivity contribution in [1.82, 2.24) is 25.9 Å². The number of tetrazole rings is 1. The van der Waals surface area contributed by atoms with Crippen molar-refractivity contribution in [1.29, 1.82) is 0 Å². The zero-order chi connectivity index (χ0) is 19.1. The van der Waals surface area contributed by atoms with Crippen LogP contribution < -0.4 is 5.32 Å². The van der Waals surface area contributed by atoms with E-state index in [1.807, 2.05) is 0 Å². The first-order valence-electron chi connectivity index (χ1n) is 9.87. The molecule has 1 saturated heterocycles. The quantitative estimate of drug-likeness (QED) is 0.508. The van der Waals surface area contributed by atoms with Crippen molar-refractivity contribution in [2.75, 3.05) is 19.8 Å². The Morgan fingerprint density at radius 3 is 2.78 bits per heavy atom. The molecule has 9 heteroatoms. The average Bonchev–Trinajstić information content (AvgIpc) is 3.18. The molecule has 0 amide bonds. The number of ether oxygens (including phenoxy) is 2. The molecule has 0 unspecified atom stereocenters. The third kappa shape index (κ3) is 5.98. The minimum Gasteiger partial charge on any atom is -0.466 e. The Kier molecular flexibility index (Phi) is 7.14. The number of carbonyl (C=O) groups excluding carboxylic acids is 2. The number of hydrogen-bond donors (Lipinski definition) is 2. The highest BCUT2D eigenvalue weighted by molar-refractivity contribution is 5.76. The molecule has 2 fully saturated rings. The molecule has 3 rings (SSSR count). The molecule has 27 heavy (non-hydrogen) atoms. The first-order chi connectivity index (χ1) is 13.1. The Hall–Kier alpha value is -2.03. The maximum Gasteiger partial charge on any atom is 0.323 e. The molecule has 1 aliphatic carbocycles. The fraction of sp³-hybridized carbons (Fsp3) is 0.833. The summed E-state index contributed by atoms with van der Waals surface area (Å²) >= 11 is 0. The third-order valence-corrected chi connectivity index (χ3v) is 5.70. The molecule has 2 heterocycles. The molecular weight excluding hydrogens is 350 g/mol. The van der Waals surface area contributed by atoms with Gasteiger partial charge < -0.3 is 14.8 Å². The van der Waals surface area contributed by atoms with Crippen molar-refractivity contribution in [3.8, 4) is 0 Å². The number of nitrogens with one attached hydrogen (secondary N) is 2. The molecule has 0 bridgehead atoms. The highest BCUT2D eigenvalue weighted by Crippen LogP contribution is 2.40. The standard InChI is InChI=1S/C18H29N5O4/c1-12(24)26-7-2-8-27-18(25)16-10-15-9-13(3-5-14(15)11-19-16)4-6-17-20-22-23-21-17/h13-16,19H,2-11H2,1H3,(H,20,21,22,23)/t13-,14+,15-,16+/m1/s1. The predicted molar refractivity (Wildman–Crippen MR) is 95.4 cm³/mol. The van der Waals surface area contributed by atoms with Gasteiger partial charge in [-0.05, 0) is 50.0 Å². The van der Waals surface area contributed by atoms with Crippen molar-refractivity contribution >= 4 is 11.9 Å². The summed E-state index contributed by atoms with van der Waals surface area (Å²) in [6, 6.07) is -0.226. The van der Waals surface area contributed by atoms with E-state index >= 15 is 0 Å². The zero-order valence-electron chi connectivity index (χ0n) is 15.9. The molecule has 1 aromatic rings. The Labute approximate surface area is 158 Å². The lowest BCUT2D eigenvalue weighted by molar-refractivity contribution is -0.148. The number of H-pyrrole nitrogens is 1. The van der Waals surface area contributed by atoms with Gasteiger partial charge in [0.1, 0.15) is 6.04 Å². The maximum atomic E-state index is 12.3. The molecule has 4 atom stereocenters. The summed E-state index contributed by atoms with van der Waals surface area (Å²) in [5, 5.41) is 17.5. The fourth-order valence-corrected chi connectivity index (χ4v) is 4.27. The van der Waals surface area contributed by atoms with Gasteiger partial charge in [0.25, 0.3) is 0 Å². The molecular formula is C18H29N5O4. The summed E-state index contributed by atoms with van der Waals surface area (Å²) in [6.45, 7) is 2.82. The smallest absolute Gasteiger partial charge is 0.323 e. The molecule has 0 radical (unpaired) electrons. The number of esters is 2. The van der Waals surface area contributed by atoms with E-state index in [2.05, 4.69) is 25.9 Å². The van der Waals surface area contributed by atoms with E-state index in [1.165, 1.54) is 19.8 Å². The van der Waals surface area contributed by atoms with Gasteiger partial charge in [-0.3, -0.25) is 9.59 Å². The van der Waals surface area contributed by atoms with Crippen LogP contribution in [0.1, 0.15) is 51.3 Å². The second-order valence-electron chi connectivity index (χ2n) is 7.62. The van der Waals surface area contributed by atoms with E-state index in [9.17, 15) is 9.59 Å². The molecule has 1 saturated carbocycles. The van der Waals surface area contributed by atoms with Crippen molar-refractivity contribution in [3.63, 3.8) is 0 Å². The van der Waals surface area contributed by atoms with Crippen LogP contribution in [0.2, 0.25) is 0 Å². The number of carbonyl (C=O) groups is 2. The first kappa shape index (κ1) is 19.7. The number of nitrogens with zero attached hydrogens (tertiary/aromatic N) is 3. The van der Waals surface area contributed by atoms with E-state index < -0.39 is 0 Å². The van der Waals surface area contributed by atoms with E-state index in [0.29, 0.717) is 24.2 Å². The van der Waals surface area contributed by atoms with Crippen molar-refractivity contribution in [3.05, 3.63) is 5.82 Å². The van der Waals surface area contributed by atoms with E-state index in [4.69, 9.17) is 9.47 Å². The summed E-state index contributed by atoms with van der Waals surface area (Å²) in [5.41, 5.74) is 0. The van der Waals surface area contributed by atoms with Gasteiger partial charge in [0, 0.05) is 19.8 Å². The molecule has 150 valence electrons. The van der Waals surface area contributed by atoms with Crippen LogP contribution >= 0.6 is 0 Å². The summed E-state index contributed by atoms with van der Waals surface area (Å²) in [7, 11) is 0. The molecule has 1 aromatic heterocycles. The van der Waals surface area contributed by atoms with Gasteiger partial charge >= 0.3 is 11.9 Å². The minimum absolute atomic E-state index is 0.190. The van der Waals surface area contributed by atoms with Gasteiger partial charge in [0.05, 0.1) is 13.2 Å². The van der Waals surface area contributed by atoms with Crippen LogP contribution in [-0.2, 0) is 25.5 Å². The van der Waals surface area contributed by atoms with Crippen LogP contribution in [0.3, 0.4) is 0 Å². The van der Waals surface area contributed by atoms with Crippen LogP contribution in [0.15, 0.2) is 0 Å². The normalized spacial score (nSPS) is 27.6. The second kappa shape index (κ2) is 9.77. The van der Waals surface area contributed by atoms with E-state index in [0.717, 1.165) is 38.1 Å². The number of aromatic amines is 1. The van der Waals surface area contributed by atoms with Crippen LogP contribution in [0.25, 0.3) is 0 Å². The molecule has 2 aliphatic rings. The SMILES string of the molecule is CC(=O)OCCCOC(=O)[C@@H]1C[C@H]2C[C@@H](CCc3nn[nH]n3)CC[C@H]2CN1. The summed E-state index contributed by atoms with van der Waals surface area (Å²) < 4.78 is 10.2. The largest absolute Gasteiger partial charge is 0.466 e. The molecule has 9 nitrogen and oxygen atoms in total. The monoisotopic (exact) mass is 379 g/mol. The summed E-state index contributed by atoms with van der Waals surface area (Å²) in [4.78, 5) is 23.0. The topological polar surface area (TPSA) is 119 Å². The molecule has 0 aromatic carbocycles. The fourth-order valence-electron chi connectivity index (χ4n) is 4.27. The van der Waals surface area contributed by atoms with Gasteiger partial charge in [-0.15, -0.1) is 10.2 Å².